The Morgan fingerprint density at radius 3 is 2.95 bits per heavy atom. The summed E-state index contributed by atoms with van der Waals surface area (Å²) in [5.74, 6) is 0.952. The molecule has 110 valence electrons. The van der Waals surface area contributed by atoms with Gasteiger partial charge in [-0.1, -0.05) is 13.8 Å². The van der Waals surface area contributed by atoms with Crippen molar-refractivity contribution in [2.75, 3.05) is 23.8 Å². The van der Waals surface area contributed by atoms with Gasteiger partial charge in [-0.25, -0.2) is 4.98 Å². The van der Waals surface area contributed by atoms with E-state index in [9.17, 15) is 4.79 Å². The van der Waals surface area contributed by atoms with Gasteiger partial charge in [-0.3, -0.25) is 4.79 Å². The van der Waals surface area contributed by atoms with Crippen LogP contribution in [0.3, 0.4) is 0 Å². The highest BCUT2D eigenvalue weighted by atomic mass is 16.5. The van der Waals surface area contributed by atoms with Crippen molar-refractivity contribution in [3.63, 3.8) is 0 Å². The molecule has 0 saturated carbocycles. The molecule has 1 aromatic heterocycles. The molecule has 1 atom stereocenters. The third kappa shape index (κ3) is 4.81. The minimum absolute atomic E-state index is 0.00700. The predicted octanol–water partition coefficient (Wildman–Crippen LogP) is 2.66. The number of carbonyl (C=O) groups is 1. The van der Waals surface area contributed by atoms with E-state index in [0.29, 0.717) is 24.3 Å². The van der Waals surface area contributed by atoms with Crippen LogP contribution in [-0.4, -0.2) is 30.1 Å². The summed E-state index contributed by atoms with van der Waals surface area (Å²) in [6.45, 7) is 5.71. The summed E-state index contributed by atoms with van der Waals surface area (Å²) in [7, 11) is 0. The van der Waals surface area contributed by atoms with Crippen molar-refractivity contribution in [1.82, 2.24) is 4.98 Å². The number of ether oxygens (including phenoxy) is 1. The molecule has 1 amide bonds. The zero-order valence-electron chi connectivity index (χ0n) is 12.2. The van der Waals surface area contributed by atoms with Gasteiger partial charge in [0.2, 0.25) is 5.91 Å². The molecule has 2 heterocycles. The molecule has 5 nitrogen and oxygen atoms in total. The third-order valence-electron chi connectivity index (χ3n) is 3.18. The lowest BCUT2D eigenvalue weighted by Crippen LogP contribution is -2.18. The van der Waals surface area contributed by atoms with Crippen LogP contribution in [-0.2, 0) is 9.53 Å². The maximum absolute atomic E-state index is 11.6. The van der Waals surface area contributed by atoms with Crippen LogP contribution in [0.25, 0.3) is 0 Å². The van der Waals surface area contributed by atoms with Gasteiger partial charge in [0.15, 0.2) is 0 Å². The highest BCUT2D eigenvalue weighted by molar-refractivity contribution is 5.89. The summed E-state index contributed by atoms with van der Waals surface area (Å²) in [5.41, 5.74) is 0.947. The van der Waals surface area contributed by atoms with Gasteiger partial charge in [-0.2, -0.15) is 0 Å². The standard InChI is InChI=1S/C15H23N3O2/c1-11(2)8-15(19)18-14-6-5-12(9-17-14)16-10-13-4-3-7-20-13/h5-6,9,11,13,16H,3-4,7-8,10H2,1-2H3,(H,17,18,19). The van der Waals surface area contributed by atoms with Gasteiger partial charge in [0.1, 0.15) is 5.82 Å². The van der Waals surface area contributed by atoms with E-state index in [4.69, 9.17) is 4.74 Å². The van der Waals surface area contributed by atoms with Gasteiger partial charge in [-0.15, -0.1) is 0 Å². The lowest BCUT2D eigenvalue weighted by Gasteiger charge is -2.12. The highest BCUT2D eigenvalue weighted by Crippen LogP contribution is 2.15. The Kier molecular flexibility index (Phi) is 5.35. The molecular weight excluding hydrogens is 254 g/mol. The van der Waals surface area contributed by atoms with Crippen LogP contribution in [0.1, 0.15) is 33.1 Å². The molecule has 1 aliphatic rings. The van der Waals surface area contributed by atoms with E-state index in [1.54, 1.807) is 6.20 Å². The largest absolute Gasteiger partial charge is 0.381 e. The van der Waals surface area contributed by atoms with E-state index in [1.165, 1.54) is 0 Å². The second kappa shape index (κ2) is 7.24. The Balaban J connectivity index is 1.78. The highest BCUT2D eigenvalue weighted by Gasteiger charge is 2.14. The van der Waals surface area contributed by atoms with E-state index in [2.05, 4.69) is 15.6 Å². The van der Waals surface area contributed by atoms with Crippen molar-refractivity contribution in [2.45, 2.75) is 39.2 Å². The number of rotatable bonds is 6. The zero-order chi connectivity index (χ0) is 14.4. The van der Waals surface area contributed by atoms with Gasteiger partial charge in [-0.05, 0) is 30.9 Å². The van der Waals surface area contributed by atoms with Crippen molar-refractivity contribution in [3.05, 3.63) is 18.3 Å². The number of hydrogen-bond acceptors (Lipinski definition) is 4. The minimum atomic E-state index is 0.00700. The fraction of sp³-hybridized carbons (Fsp3) is 0.600. The zero-order valence-corrected chi connectivity index (χ0v) is 12.2. The van der Waals surface area contributed by atoms with E-state index >= 15 is 0 Å². The van der Waals surface area contributed by atoms with Gasteiger partial charge in [0, 0.05) is 19.6 Å². The summed E-state index contributed by atoms with van der Waals surface area (Å²) in [6.07, 6.45) is 4.82. The summed E-state index contributed by atoms with van der Waals surface area (Å²) in [5, 5.41) is 6.09. The molecule has 2 rings (SSSR count). The molecule has 1 unspecified atom stereocenters. The monoisotopic (exact) mass is 277 g/mol. The first-order chi connectivity index (χ1) is 9.63. The topological polar surface area (TPSA) is 63.2 Å². The van der Waals surface area contributed by atoms with Gasteiger partial charge < -0.3 is 15.4 Å². The van der Waals surface area contributed by atoms with Crippen LogP contribution in [0.15, 0.2) is 18.3 Å². The lowest BCUT2D eigenvalue weighted by atomic mass is 10.1. The van der Waals surface area contributed by atoms with E-state index in [1.807, 2.05) is 26.0 Å². The maximum atomic E-state index is 11.6. The molecule has 1 fully saturated rings. The predicted molar refractivity (Wildman–Crippen MR) is 79.8 cm³/mol. The SMILES string of the molecule is CC(C)CC(=O)Nc1ccc(NCC2CCCO2)cn1. The van der Waals surface area contributed by atoms with Gasteiger partial charge in [0.05, 0.1) is 18.0 Å². The fourth-order valence-corrected chi connectivity index (χ4v) is 2.17. The molecule has 1 aliphatic heterocycles. The van der Waals surface area contributed by atoms with Crippen molar-refractivity contribution in [2.24, 2.45) is 5.92 Å². The van der Waals surface area contributed by atoms with Gasteiger partial charge in [0.25, 0.3) is 0 Å². The number of anilines is 2. The smallest absolute Gasteiger partial charge is 0.225 e. The van der Waals surface area contributed by atoms with Crippen LogP contribution in [0.2, 0.25) is 0 Å². The van der Waals surface area contributed by atoms with Crippen molar-refractivity contribution in [3.8, 4) is 0 Å². The molecule has 5 heteroatoms. The normalized spacial score (nSPS) is 18.2. The number of amides is 1. The summed E-state index contributed by atoms with van der Waals surface area (Å²) in [4.78, 5) is 15.9. The molecule has 1 aromatic rings. The molecule has 0 aromatic carbocycles. The van der Waals surface area contributed by atoms with Crippen molar-refractivity contribution in [1.29, 1.82) is 0 Å². The quantitative estimate of drug-likeness (QED) is 0.839. The molecule has 0 aliphatic carbocycles. The Labute approximate surface area is 120 Å². The first-order valence-corrected chi connectivity index (χ1v) is 7.25. The second-order valence-corrected chi connectivity index (χ2v) is 5.59. The number of nitrogens with one attached hydrogen (secondary N) is 2. The average molecular weight is 277 g/mol. The molecule has 20 heavy (non-hydrogen) atoms. The van der Waals surface area contributed by atoms with Crippen LogP contribution in [0.5, 0.6) is 0 Å². The summed E-state index contributed by atoms with van der Waals surface area (Å²) in [6, 6.07) is 3.74. The van der Waals surface area contributed by atoms with Crippen LogP contribution in [0, 0.1) is 5.92 Å². The number of nitrogens with zero attached hydrogens (tertiary/aromatic N) is 1. The number of pyridine rings is 1. The van der Waals surface area contributed by atoms with E-state index in [-0.39, 0.29) is 5.91 Å². The molecular formula is C15H23N3O2. The summed E-state index contributed by atoms with van der Waals surface area (Å²) < 4.78 is 5.55. The number of carbonyl (C=O) groups excluding carboxylic acids is 1. The van der Waals surface area contributed by atoms with E-state index < -0.39 is 0 Å². The lowest BCUT2D eigenvalue weighted by molar-refractivity contribution is -0.116. The number of hydrogen-bond donors (Lipinski definition) is 2. The average Bonchev–Trinajstić information content (AvgIpc) is 2.90. The molecule has 0 bridgehead atoms. The number of aromatic nitrogens is 1. The Morgan fingerprint density at radius 1 is 1.50 bits per heavy atom. The maximum Gasteiger partial charge on any atom is 0.225 e. The van der Waals surface area contributed by atoms with Crippen LogP contribution < -0.4 is 10.6 Å². The summed E-state index contributed by atoms with van der Waals surface area (Å²) >= 11 is 0. The fourth-order valence-electron chi connectivity index (χ4n) is 2.17. The van der Waals surface area contributed by atoms with E-state index in [0.717, 1.165) is 31.7 Å². The Hall–Kier alpha value is -1.62. The Bertz CT molecular complexity index is 425. The van der Waals surface area contributed by atoms with Crippen molar-refractivity contribution >= 4 is 17.4 Å². The van der Waals surface area contributed by atoms with Gasteiger partial charge >= 0.3 is 0 Å². The second-order valence-electron chi connectivity index (χ2n) is 5.59. The Morgan fingerprint density at radius 2 is 2.35 bits per heavy atom. The first kappa shape index (κ1) is 14.8. The third-order valence-corrected chi connectivity index (χ3v) is 3.18. The first-order valence-electron chi connectivity index (χ1n) is 7.25. The van der Waals surface area contributed by atoms with Crippen LogP contribution >= 0.6 is 0 Å². The molecule has 0 radical (unpaired) electrons. The molecule has 2 N–H and O–H groups in total. The molecule has 1 saturated heterocycles. The van der Waals surface area contributed by atoms with Crippen molar-refractivity contribution < 1.29 is 9.53 Å². The van der Waals surface area contributed by atoms with Crippen LogP contribution in [0.4, 0.5) is 11.5 Å². The minimum Gasteiger partial charge on any atom is -0.381 e. The molecule has 0 spiro atoms.